The minimum absolute atomic E-state index is 0.0355. The second-order valence-electron chi connectivity index (χ2n) is 7.66. The van der Waals surface area contributed by atoms with Crippen LogP contribution in [0.5, 0.6) is 0 Å². The lowest BCUT2D eigenvalue weighted by molar-refractivity contribution is -0.122. The van der Waals surface area contributed by atoms with Crippen molar-refractivity contribution in [2.24, 2.45) is 5.92 Å². The fourth-order valence-electron chi connectivity index (χ4n) is 2.85. The number of rotatable bonds is 9. The molecule has 1 fully saturated rings. The summed E-state index contributed by atoms with van der Waals surface area (Å²) in [5.74, 6) is -0.505. The van der Waals surface area contributed by atoms with E-state index in [1.807, 2.05) is 0 Å². The molecule has 3 rings (SSSR count). The zero-order valence-electron chi connectivity index (χ0n) is 17.9. The topological polar surface area (TPSA) is 125 Å². The standard InChI is InChI=1S/C22H26N4O5S/c1-26(2)32(30,31)19-11-7-17(8-12-19)22(29)25-18-9-5-16(6-10-18)21(28)24-14-13-23-20(27)15-3-4-15/h5-12,15H,3-4,13-14H2,1-2H3,(H,23,27)(H,24,28)(H,25,29). The van der Waals surface area contributed by atoms with E-state index in [4.69, 9.17) is 0 Å². The van der Waals surface area contributed by atoms with Crippen molar-refractivity contribution in [1.82, 2.24) is 14.9 Å². The lowest BCUT2D eigenvalue weighted by Crippen LogP contribution is -2.35. The summed E-state index contributed by atoms with van der Waals surface area (Å²) in [5, 5.41) is 8.22. The molecule has 2 aromatic carbocycles. The maximum Gasteiger partial charge on any atom is 0.255 e. The summed E-state index contributed by atoms with van der Waals surface area (Å²) in [6, 6.07) is 12.0. The van der Waals surface area contributed by atoms with Crippen molar-refractivity contribution >= 4 is 33.4 Å². The van der Waals surface area contributed by atoms with Gasteiger partial charge in [0.2, 0.25) is 15.9 Å². The Morgan fingerprint density at radius 1 is 0.844 bits per heavy atom. The molecule has 0 saturated heterocycles. The zero-order valence-corrected chi connectivity index (χ0v) is 18.7. The predicted molar refractivity (Wildman–Crippen MR) is 120 cm³/mol. The molecule has 0 aliphatic heterocycles. The molecule has 0 radical (unpaired) electrons. The Labute approximate surface area is 187 Å². The van der Waals surface area contributed by atoms with Crippen molar-refractivity contribution in [3.63, 3.8) is 0 Å². The highest BCUT2D eigenvalue weighted by molar-refractivity contribution is 7.89. The number of amides is 3. The molecule has 3 amide bonds. The first-order chi connectivity index (χ1) is 15.2. The summed E-state index contributed by atoms with van der Waals surface area (Å²) < 4.78 is 25.3. The number of nitrogens with zero attached hydrogens (tertiary/aromatic N) is 1. The van der Waals surface area contributed by atoms with Crippen LogP contribution < -0.4 is 16.0 Å². The van der Waals surface area contributed by atoms with Gasteiger partial charge < -0.3 is 16.0 Å². The quantitative estimate of drug-likeness (QED) is 0.491. The summed E-state index contributed by atoms with van der Waals surface area (Å²) in [7, 11) is -0.687. The molecule has 0 spiro atoms. The molecule has 1 aliphatic carbocycles. The average molecular weight is 459 g/mol. The highest BCUT2D eigenvalue weighted by Crippen LogP contribution is 2.28. The number of sulfonamides is 1. The van der Waals surface area contributed by atoms with E-state index in [9.17, 15) is 22.8 Å². The molecule has 32 heavy (non-hydrogen) atoms. The van der Waals surface area contributed by atoms with Gasteiger partial charge in [-0.2, -0.15) is 0 Å². The Morgan fingerprint density at radius 2 is 1.38 bits per heavy atom. The first-order valence-electron chi connectivity index (χ1n) is 10.2. The van der Waals surface area contributed by atoms with E-state index in [0.29, 0.717) is 29.9 Å². The molecular weight excluding hydrogens is 432 g/mol. The minimum atomic E-state index is -3.56. The number of hydrogen-bond donors (Lipinski definition) is 3. The molecule has 0 heterocycles. The average Bonchev–Trinajstić information content (AvgIpc) is 3.62. The largest absolute Gasteiger partial charge is 0.354 e. The van der Waals surface area contributed by atoms with Crippen LogP contribution in [0.1, 0.15) is 33.6 Å². The molecular formula is C22H26N4O5S. The predicted octanol–water partition coefficient (Wildman–Crippen LogP) is 1.45. The smallest absolute Gasteiger partial charge is 0.255 e. The Morgan fingerprint density at radius 3 is 1.94 bits per heavy atom. The number of carbonyl (C=O) groups is 3. The fraction of sp³-hybridized carbons (Fsp3) is 0.318. The molecule has 0 unspecified atom stereocenters. The first-order valence-corrected chi connectivity index (χ1v) is 11.6. The molecule has 170 valence electrons. The van der Waals surface area contributed by atoms with E-state index < -0.39 is 15.9 Å². The molecule has 1 aliphatic rings. The molecule has 9 nitrogen and oxygen atoms in total. The minimum Gasteiger partial charge on any atom is -0.354 e. The zero-order chi connectivity index (χ0) is 23.3. The molecule has 0 bridgehead atoms. The maximum absolute atomic E-state index is 12.4. The summed E-state index contributed by atoms with van der Waals surface area (Å²) in [5.41, 5.74) is 1.22. The van der Waals surface area contributed by atoms with E-state index in [1.165, 1.54) is 38.4 Å². The molecule has 10 heteroatoms. The van der Waals surface area contributed by atoms with Crippen LogP contribution in [0.4, 0.5) is 5.69 Å². The van der Waals surface area contributed by atoms with E-state index in [-0.39, 0.29) is 22.6 Å². The third kappa shape index (κ3) is 5.92. The number of anilines is 1. The van der Waals surface area contributed by atoms with Crippen LogP contribution in [-0.2, 0) is 14.8 Å². The normalized spacial score (nSPS) is 13.5. The Balaban J connectivity index is 1.50. The van der Waals surface area contributed by atoms with E-state index >= 15 is 0 Å². The SMILES string of the molecule is CN(C)S(=O)(=O)c1ccc(C(=O)Nc2ccc(C(=O)NCCNC(=O)C3CC3)cc2)cc1. The van der Waals surface area contributed by atoms with Crippen LogP contribution in [0.2, 0.25) is 0 Å². The Hall–Kier alpha value is -3.24. The Kier molecular flexibility index (Phi) is 7.26. The van der Waals surface area contributed by atoms with Crippen molar-refractivity contribution < 1.29 is 22.8 Å². The lowest BCUT2D eigenvalue weighted by Gasteiger charge is -2.12. The number of hydrogen-bond acceptors (Lipinski definition) is 5. The fourth-order valence-corrected chi connectivity index (χ4v) is 3.75. The van der Waals surface area contributed by atoms with Crippen molar-refractivity contribution in [3.05, 3.63) is 59.7 Å². The van der Waals surface area contributed by atoms with Gasteiger partial charge in [0.05, 0.1) is 4.90 Å². The third-order valence-electron chi connectivity index (χ3n) is 4.96. The molecule has 2 aromatic rings. The van der Waals surface area contributed by atoms with Crippen molar-refractivity contribution in [1.29, 1.82) is 0 Å². The first kappa shape index (κ1) is 23.4. The molecule has 0 atom stereocenters. The Bertz CT molecular complexity index is 1090. The molecule has 1 saturated carbocycles. The van der Waals surface area contributed by atoms with Crippen molar-refractivity contribution in [2.45, 2.75) is 17.7 Å². The van der Waals surface area contributed by atoms with Gasteiger partial charge in [-0.15, -0.1) is 0 Å². The number of benzene rings is 2. The van der Waals surface area contributed by atoms with Gasteiger partial charge in [-0.25, -0.2) is 12.7 Å². The van der Waals surface area contributed by atoms with Crippen LogP contribution in [-0.4, -0.2) is 57.6 Å². The number of nitrogens with one attached hydrogen (secondary N) is 3. The third-order valence-corrected chi connectivity index (χ3v) is 6.79. The van der Waals surface area contributed by atoms with Gasteiger partial charge in [-0.3, -0.25) is 14.4 Å². The second-order valence-corrected chi connectivity index (χ2v) is 9.82. The molecule has 0 aromatic heterocycles. The van der Waals surface area contributed by atoms with Gasteiger partial charge >= 0.3 is 0 Å². The van der Waals surface area contributed by atoms with Crippen molar-refractivity contribution in [3.8, 4) is 0 Å². The maximum atomic E-state index is 12.4. The lowest BCUT2D eigenvalue weighted by atomic mass is 10.1. The van der Waals surface area contributed by atoms with E-state index in [0.717, 1.165) is 17.1 Å². The second kappa shape index (κ2) is 9.92. The van der Waals surface area contributed by atoms with Gasteiger partial charge in [0, 0.05) is 49.9 Å². The summed E-state index contributed by atoms with van der Waals surface area (Å²) >= 11 is 0. The van der Waals surface area contributed by atoms with Crippen LogP contribution in [0.3, 0.4) is 0 Å². The van der Waals surface area contributed by atoms with E-state index in [2.05, 4.69) is 16.0 Å². The summed E-state index contributed by atoms with van der Waals surface area (Å²) in [6.45, 7) is 0.708. The van der Waals surface area contributed by atoms with Gasteiger partial charge in [-0.05, 0) is 61.4 Å². The van der Waals surface area contributed by atoms with Gasteiger partial charge in [0.25, 0.3) is 11.8 Å². The molecule has 3 N–H and O–H groups in total. The van der Waals surface area contributed by atoms with Gasteiger partial charge in [0.1, 0.15) is 0 Å². The van der Waals surface area contributed by atoms with Crippen LogP contribution in [0.25, 0.3) is 0 Å². The summed E-state index contributed by atoms with van der Waals surface area (Å²) in [6.07, 6.45) is 1.87. The highest BCUT2D eigenvalue weighted by atomic mass is 32.2. The van der Waals surface area contributed by atoms with Crippen LogP contribution in [0, 0.1) is 5.92 Å². The van der Waals surface area contributed by atoms with Crippen LogP contribution in [0.15, 0.2) is 53.4 Å². The monoisotopic (exact) mass is 458 g/mol. The number of carbonyl (C=O) groups excluding carboxylic acids is 3. The van der Waals surface area contributed by atoms with Crippen LogP contribution >= 0.6 is 0 Å². The highest BCUT2D eigenvalue weighted by Gasteiger charge is 2.29. The van der Waals surface area contributed by atoms with Gasteiger partial charge in [0.15, 0.2) is 0 Å². The van der Waals surface area contributed by atoms with Crippen molar-refractivity contribution in [2.75, 3.05) is 32.5 Å². The van der Waals surface area contributed by atoms with E-state index in [1.54, 1.807) is 24.3 Å². The summed E-state index contributed by atoms with van der Waals surface area (Å²) in [4.78, 5) is 36.3. The van der Waals surface area contributed by atoms with Gasteiger partial charge in [-0.1, -0.05) is 0 Å².